The van der Waals surface area contributed by atoms with Crippen molar-refractivity contribution in [3.8, 4) is 5.75 Å². The normalized spacial score (nSPS) is 17.6. The monoisotopic (exact) mass is 416 g/mol. The lowest BCUT2D eigenvalue weighted by Crippen LogP contribution is -2.37. The Morgan fingerprint density at radius 1 is 1.19 bits per heavy atom. The molecule has 2 aromatic rings. The van der Waals surface area contributed by atoms with Crippen LogP contribution in [-0.4, -0.2) is 30.6 Å². The molecule has 1 aliphatic rings. The quantitative estimate of drug-likeness (QED) is 0.661. The fourth-order valence-electron chi connectivity index (χ4n) is 3.67. The lowest BCUT2D eigenvalue weighted by Gasteiger charge is -2.23. The molecule has 2 aromatic carbocycles. The second-order valence-electron chi connectivity index (χ2n) is 7.02. The summed E-state index contributed by atoms with van der Waals surface area (Å²) < 4.78 is 7.24. The van der Waals surface area contributed by atoms with Gasteiger partial charge in [0.15, 0.2) is 0 Å². The van der Waals surface area contributed by atoms with E-state index in [1.54, 1.807) is 0 Å². The van der Waals surface area contributed by atoms with E-state index in [1.165, 1.54) is 36.1 Å². The highest BCUT2D eigenvalue weighted by atomic mass is 79.9. The van der Waals surface area contributed by atoms with Gasteiger partial charge in [-0.2, -0.15) is 0 Å². The molecule has 0 radical (unpaired) electrons. The molecule has 0 bridgehead atoms. The van der Waals surface area contributed by atoms with Crippen LogP contribution in [0, 0.1) is 6.92 Å². The molecule has 0 unspecified atom stereocenters. The second-order valence-corrected chi connectivity index (χ2v) is 7.94. The molecule has 0 amide bonds. The van der Waals surface area contributed by atoms with Crippen LogP contribution in [0.5, 0.6) is 5.75 Å². The molecule has 1 aliphatic heterocycles. The number of rotatable bonds is 8. The van der Waals surface area contributed by atoms with Crippen LogP contribution in [0.25, 0.3) is 0 Å². The van der Waals surface area contributed by atoms with Crippen molar-refractivity contribution in [1.29, 1.82) is 0 Å². The minimum absolute atomic E-state index is 0.605. The molecular weight excluding hydrogens is 388 g/mol. The summed E-state index contributed by atoms with van der Waals surface area (Å²) in [6.45, 7) is 9.24. The van der Waals surface area contributed by atoms with E-state index in [0.29, 0.717) is 12.6 Å². The number of nitrogens with zero attached hydrogens (tertiary/aromatic N) is 1. The van der Waals surface area contributed by atoms with Gasteiger partial charge in [0.25, 0.3) is 0 Å². The first-order valence-corrected chi connectivity index (χ1v) is 10.4. The Bertz CT molecular complexity index is 719. The zero-order valence-electron chi connectivity index (χ0n) is 15.8. The highest BCUT2D eigenvalue weighted by Crippen LogP contribution is 2.25. The molecule has 4 heteroatoms. The van der Waals surface area contributed by atoms with Crippen molar-refractivity contribution in [3.63, 3.8) is 0 Å². The molecule has 1 heterocycles. The Hall–Kier alpha value is -1.36. The highest BCUT2D eigenvalue weighted by Gasteiger charge is 2.22. The van der Waals surface area contributed by atoms with Gasteiger partial charge in [-0.1, -0.05) is 47.1 Å². The molecule has 3 nitrogen and oxygen atoms in total. The van der Waals surface area contributed by atoms with Gasteiger partial charge < -0.3 is 10.1 Å². The van der Waals surface area contributed by atoms with E-state index in [2.05, 4.69) is 76.4 Å². The van der Waals surface area contributed by atoms with E-state index in [4.69, 9.17) is 4.74 Å². The first kappa shape index (κ1) is 19.4. The summed E-state index contributed by atoms with van der Waals surface area (Å²) in [5.41, 5.74) is 3.71. The highest BCUT2D eigenvalue weighted by molar-refractivity contribution is 9.10. The maximum absolute atomic E-state index is 6.15. The number of hydrogen-bond acceptors (Lipinski definition) is 3. The fourth-order valence-corrected chi connectivity index (χ4v) is 4.08. The van der Waals surface area contributed by atoms with Crippen LogP contribution in [0.15, 0.2) is 46.9 Å². The summed E-state index contributed by atoms with van der Waals surface area (Å²) in [6, 6.07) is 15.3. The lowest BCUT2D eigenvalue weighted by molar-refractivity contribution is 0.259. The number of ether oxygens (including phenoxy) is 1. The van der Waals surface area contributed by atoms with Crippen molar-refractivity contribution in [2.75, 3.05) is 19.6 Å². The number of hydrogen-bond donors (Lipinski definition) is 1. The summed E-state index contributed by atoms with van der Waals surface area (Å²) in [6.07, 6.45) is 2.62. The predicted molar refractivity (Wildman–Crippen MR) is 112 cm³/mol. The summed E-state index contributed by atoms with van der Waals surface area (Å²) in [5, 5.41) is 3.64. The topological polar surface area (TPSA) is 24.5 Å². The summed E-state index contributed by atoms with van der Waals surface area (Å²) in [7, 11) is 0. The summed E-state index contributed by atoms with van der Waals surface area (Å²) in [4.78, 5) is 2.57. The van der Waals surface area contributed by atoms with E-state index in [1.807, 2.05) is 6.07 Å². The summed E-state index contributed by atoms with van der Waals surface area (Å²) in [5.74, 6) is 0.961. The summed E-state index contributed by atoms with van der Waals surface area (Å²) >= 11 is 3.59. The fraction of sp³-hybridized carbons (Fsp3) is 0.455. The third kappa shape index (κ3) is 5.09. The Morgan fingerprint density at radius 3 is 2.85 bits per heavy atom. The number of likely N-dealkylation sites (N-methyl/N-ethyl adjacent to an activating group) is 1. The maximum atomic E-state index is 6.15. The molecule has 1 N–H and O–H groups in total. The van der Waals surface area contributed by atoms with E-state index in [9.17, 15) is 0 Å². The average Bonchev–Trinajstić information content (AvgIpc) is 3.10. The Kier molecular flexibility index (Phi) is 7.12. The third-order valence-corrected chi connectivity index (χ3v) is 5.76. The van der Waals surface area contributed by atoms with E-state index in [-0.39, 0.29) is 0 Å². The SMILES string of the molecule is CCN1CCC[C@@H]1CNCc1cc(Br)ccc1OCc1ccccc1C. The van der Waals surface area contributed by atoms with Crippen molar-refractivity contribution in [3.05, 3.63) is 63.6 Å². The number of halogens is 1. The number of likely N-dealkylation sites (tertiary alicyclic amines) is 1. The van der Waals surface area contributed by atoms with Crippen LogP contribution in [0.1, 0.15) is 36.5 Å². The third-order valence-electron chi connectivity index (χ3n) is 5.27. The van der Waals surface area contributed by atoms with Gasteiger partial charge in [0.1, 0.15) is 12.4 Å². The largest absolute Gasteiger partial charge is 0.489 e. The van der Waals surface area contributed by atoms with Crippen molar-refractivity contribution in [1.82, 2.24) is 10.2 Å². The standard InChI is InChI=1S/C22H29BrN2O/c1-3-25-12-6-9-21(25)15-24-14-19-13-20(23)10-11-22(19)26-16-18-8-5-4-7-17(18)2/h4-5,7-8,10-11,13,21,24H,3,6,9,12,14-16H2,1-2H3/t21-/m1/s1. The van der Waals surface area contributed by atoms with Crippen LogP contribution in [0.2, 0.25) is 0 Å². The van der Waals surface area contributed by atoms with Crippen molar-refractivity contribution >= 4 is 15.9 Å². The molecule has 26 heavy (non-hydrogen) atoms. The van der Waals surface area contributed by atoms with Gasteiger partial charge in [-0.25, -0.2) is 0 Å². The molecule has 0 aliphatic carbocycles. The van der Waals surface area contributed by atoms with Crippen molar-refractivity contribution in [2.24, 2.45) is 0 Å². The van der Waals surface area contributed by atoms with Crippen LogP contribution < -0.4 is 10.1 Å². The number of benzene rings is 2. The zero-order chi connectivity index (χ0) is 18.4. The molecule has 1 saturated heterocycles. The molecular formula is C22H29BrN2O. The molecule has 3 rings (SSSR count). The average molecular weight is 417 g/mol. The number of nitrogens with one attached hydrogen (secondary N) is 1. The van der Waals surface area contributed by atoms with Crippen molar-refractivity contribution in [2.45, 2.75) is 45.9 Å². The molecule has 0 aromatic heterocycles. The van der Waals surface area contributed by atoms with Gasteiger partial charge in [0.05, 0.1) is 0 Å². The molecule has 1 fully saturated rings. The van der Waals surface area contributed by atoms with E-state index in [0.717, 1.165) is 29.9 Å². The smallest absolute Gasteiger partial charge is 0.124 e. The predicted octanol–water partition coefficient (Wildman–Crippen LogP) is 4.91. The zero-order valence-corrected chi connectivity index (χ0v) is 17.4. The van der Waals surface area contributed by atoms with Crippen LogP contribution in [-0.2, 0) is 13.2 Å². The minimum Gasteiger partial charge on any atom is -0.489 e. The Morgan fingerprint density at radius 2 is 2.04 bits per heavy atom. The molecule has 140 valence electrons. The Labute approximate surface area is 165 Å². The first-order valence-electron chi connectivity index (χ1n) is 9.58. The Balaban J connectivity index is 1.59. The van der Waals surface area contributed by atoms with Crippen LogP contribution >= 0.6 is 15.9 Å². The second kappa shape index (κ2) is 9.54. The van der Waals surface area contributed by atoms with Crippen LogP contribution in [0.3, 0.4) is 0 Å². The molecule has 1 atom stereocenters. The van der Waals surface area contributed by atoms with Gasteiger partial charge in [0, 0.05) is 29.2 Å². The lowest BCUT2D eigenvalue weighted by atomic mass is 10.1. The van der Waals surface area contributed by atoms with Crippen molar-refractivity contribution < 1.29 is 4.74 Å². The van der Waals surface area contributed by atoms with Gasteiger partial charge in [0.2, 0.25) is 0 Å². The maximum Gasteiger partial charge on any atom is 0.124 e. The minimum atomic E-state index is 0.605. The first-order chi connectivity index (χ1) is 12.7. The van der Waals surface area contributed by atoms with Crippen LogP contribution in [0.4, 0.5) is 0 Å². The van der Waals surface area contributed by atoms with Gasteiger partial charge in [-0.15, -0.1) is 0 Å². The van der Waals surface area contributed by atoms with E-state index >= 15 is 0 Å². The van der Waals surface area contributed by atoms with Gasteiger partial charge >= 0.3 is 0 Å². The van der Waals surface area contributed by atoms with Gasteiger partial charge in [-0.3, -0.25) is 4.90 Å². The molecule has 0 spiro atoms. The van der Waals surface area contributed by atoms with E-state index < -0.39 is 0 Å². The number of aryl methyl sites for hydroxylation is 1. The molecule has 0 saturated carbocycles. The van der Waals surface area contributed by atoms with Gasteiger partial charge in [-0.05, 0) is 62.2 Å².